The largest absolute Gasteiger partial charge is 0.378 e. The van der Waals surface area contributed by atoms with Crippen LogP contribution in [0.5, 0.6) is 0 Å². The molecule has 0 atom stereocenters. The molecule has 1 saturated carbocycles. The van der Waals surface area contributed by atoms with Crippen molar-refractivity contribution in [2.75, 3.05) is 31.2 Å². The van der Waals surface area contributed by atoms with Crippen molar-refractivity contribution in [1.82, 2.24) is 9.97 Å². The van der Waals surface area contributed by atoms with Gasteiger partial charge < -0.3 is 9.64 Å². The molecule has 4 heteroatoms. The van der Waals surface area contributed by atoms with Gasteiger partial charge in [-0.3, -0.25) is 0 Å². The highest BCUT2D eigenvalue weighted by molar-refractivity contribution is 5.85. The summed E-state index contributed by atoms with van der Waals surface area (Å²) >= 11 is 0. The third-order valence-electron chi connectivity index (χ3n) is 4.27. The maximum Gasteiger partial charge on any atom is 0.226 e. The molecule has 0 radical (unpaired) electrons. The molecule has 1 aliphatic heterocycles. The first kappa shape index (κ1) is 12.8. The Morgan fingerprint density at radius 3 is 2.76 bits per heavy atom. The van der Waals surface area contributed by atoms with Crippen LogP contribution in [0.2, 0.25) is 0 Å². The minimum absolute atomic E-state index is 0.667. The van der Waals surface area contributed by atoms with Gasteiger partial charge in [0.2, 0.25) is 5.95 Å². The van der Waals surface area contributed by atoms with Crippen LogP contribution in [0.1, 0.15) is 29.9 Å². The predicted molar refractivity (Wildman–Crippen MR) is 84.6 cm³/mol. The van der Waals surface area contributed by atoms with Gasteiger partial charge in [-0.25, -0.2) is 9.97 Å². The topological polar surface area (TPSA) is 38.2 Å². The molecule has 2 aliphatic rings. The first-order valence-corrected chi connectivity index (χ1v) is 7.61. The van der Waals surface area contributed by atoms with E-state index >= 15 is 0 Å². The van der Waals surface area contributed by atoms with Crippen molar-refractivity contribution in [3.63, 3.8) is 0 Å². The first-order chi connectivity index (χ1) is 10.3. The summed E-state index contributed by atoms with van der Waals surface area (Å²) in [4.78, 5) is 11.6. The average Bonchev–Trinajstić information content (AvgIpc) is 3.39. The number of hydrogen-bond acceptors (Lipinski definition) is 4. The second-order valence-corrected chi connectivity index (χ2v) is 5.80. The number of fused-ring (bicyclic) bond motifs is 1. The lowest BCUT2D eigenvalue weighted by Gasteiger charge is -2.27. The van der Waals surface area contributed by atoms with E-state index in [0.717, 1.165) is 48.7 Å². The Balaban J connectivity index is 1.81. The molecule has 0 unspecified atom stereocenters. The smallest absolute Gasteiger partial charge is 0.226 e. The Morgan fingerprint density at radius 2 is 2.05 bits per heavy atom. The minimum atomic E-state index is 0.667. The minimum Gasteiger partial charge on any atom is -0.378 e. The van der Waals surface area contributed by atoms with E-state index in [4.69, 9.17) is 9.72 Å². The summed E-state index contributed by atoms with van der Waals surface area (Å²) in [6.45, 7) is 7.14. The molecule has 108 valence electrons. The average molecular weight is 281 g/mol. The van der Waals surface area contributed by atoms with Gasteiger partial charge in [0.1, 0.15) is 0 Å². The Kier molecular flexibility index (Phi) is 3.11. The van der Waals surface area contributed by atoms with E-state index in [1.807, 2.05) is 12.3 Å². The molecule has 2 heterocycles. The summed E-state index contributed by atoms with van der Waals surface area (Å²) in [7, 11) is 0. The molecule has 1 aliphatic carbocycles. The van der Waals surface area contributed by atoms with E-state index in [1.54, 1.807) is 0 Å². The van der Waals surface area contributed by atoms with Crippen LogP contribution in [0, 0.1) is 0 Å². The van der Waals surface area contributed by atoms with Gasteiger partial charge in [-0.1, -0.05) is 12.7 Å². The summed E-state index contributed by atoms with van der Waals surface area (Å²) in [5, 5.41) is 1.12. The van der Waals surface area contributed by atoms with Crippen LogP contribution in [0.3, 0.4) is 0 Å². The molecular weight excluding hydrogens is 262 g/mol. The van der Waals surface area contributed by atoms with E-state index < -0.39 is 0 Å². The quantitative estimate of drug-likeness (QED) is 0.867. The zero-order valence-corrected chi connectivity index (χ0v) is 12.1. The summed E-state index contributed by atoms with van der Waals surface area (Å²) in [6.07, 6.45) is 6.40. The maximum atomic E-state index is 5.40. The standard InChI is InChI=1S/C17H19N3O/c1-2-12-9-14-11-18-17(20-5-7-21-8-6-20)19-16(14)15(10-12)13-3-4-13/h2,9-11,13H,1,3-8H2. The van der Waals surface area contributed by atoms with Gasteiger partial charge in [-0.15, -0.1) is 0 Å². The van der Waals surface area contributed by atoms with Crippen molar-refractivity contribution in [2.45, 2.75) is 18.8 Å². The van der Waals surface area contributed by atoms with Crippen LogP contribution in [0.4, 0.5) is 5.95 Å². The zero-order chi connectivity index (χ0) is 14.2. The molecule has 0 N–H and O–H groups in total. The van der Waals surface area contributed by atoms with Crippen molar-refractivity contribution in [2.24, 2.45) is 0 Å². The second kappa shape index (κ2) is 5.11. The molecule has 1 aromatic carbocycles. The van der Waals surface area contributed by atoms with Gasteiger partial charge in [0.25, 0.3) is 0 Å². The lowest BCUT2D eigenvalue weighted by molar-refractivity contribution is 0.122. The number of hydrogen-bond donors (Lipinski definition) is 0. The molecule has 1 aromatic heterocycles. The van der Waals surface area contributed by atoms with E-state index in [2.05, 4.69) is 28.6 Å². The van der Waals surface area contributed by atoms with Gasteiger partial charge in [0.15, 0.2) is 0 Å². The number of benzene rings is 1. The normalized spacial score (nSPS) is 19.0. The maximum absolute atomic E-state index is 5.40. The van der Waals surface area contributed by atoms with Crippen molar-refractivity contribution < 1.29 is 4.74 Å². The fraction of sp³-hybridized carbons (Fsp3) is 0.412. The second-order valence-electron chi connectivity index (χ2n) is 5.80. The molecule has 1 saturated heterocycles. The number of nitrogens with zero attached hydrogens (tertiary/aromatic N) is 3. The molecule has 4 nitrogen and oxygen atoms in total. The first-order valence-electron chi connectivity index (χ1n) is 7.61. The Bertz CT molecular complexity index is 688. The van der Waals surface area contributed by atoms with Gasteiger partial charge in [0.05, 0.1) is 18.7 Å². The van der Waals surface area contributed by atoms with Crippen LogP contribution in [-0.2, 0) is 4.74 Å². The van der Waals surface area contributed by atoms with Crippen molar-refractivity contribution in [3.05, 3.63) is 36.0 Å². The number of aromatic nitrogens is 2. The van der Waals surface area contributed by atoms with Gasteiger partial charge >= 0.3 is 0 Å². The van der Waals surface area contributed by atoms with Gasteiger partial charge in [0, 0.05) is 24.7 Å². The summed E-state index contributed by atoms with van der Waals surface area (Å²) in [5.74, 6) is 1.50. The van der Waals surface area contributed by atoms with Crippen LogP contribution < -0.4 is 4.90 Å². The van der Waals surface area contributed by atoms with Crippen LogP contribution in [0.25, 0.3) is 17.0 Å². The van der Waals surface area contributed by atoms with Crippen LogP contribution in [-0.4, -0.2) is 36.3 Å². The van der Waals surface area contributed by atoms with Crippen LogP contribution in [0.15, 0.2) is 24.9 Å². The van der Waals surface area contributed by atoms with Crippen LogP contribution >= 0.6 is 0 Å². The fourth-order valence-electron chi connectivity index (χ4n) is 2.93. The van der Waals surface area contributed by atoms with E-state index in [1.165, 1.54) is 18.4 Å². The monoisotopic (exact) mass is 281 g/mol. The van der Waals surface area contributed by atoms with E-state index in [0.29, 0.717) is 5.92 Å². The molecule has 0 amide bonds. The third kappa shape index (κ3) is 2.40. The number of morpholine rings is 1. The van der Waals surface area contributed by atoms with Gasteiger partial charge in [-0.05, 0) is 42.0 Å². The molecule has 21 heavy (non-hydrogen) atoms. The van der Waals surface area contributed by atoms with Crippen molar-refractivity contribution in [1.29, 1.82) is 0 Å². The number of rotatable bonds is 3. The summed E-state index contributed by atoms with van der Waals surface area (Å²) < 4.78 is 5.40. The highest BCUT2D eigenvalue weighted by atomic mass is 16.5. The molecule has 0 bridgehead atoms. The zero-order valence-electron chi connectivity index (χ0n) is 12.1. The van der Waals surface area contributed by atoms with E-state index in [-0.39, 0.29) is 0 Å². The third-order valence-corrected chi connectivity index (χ3v) is 4.27. The lowest BCUT2D eigenvalue weighted by Crippen LogP contribution is -2.37. The SMILES string of the molecule is C=Cc1cc(C2CC2)c2nc(N3CCOCC3)ncc2c1. The molecular formula is C17H19N3O. The highest BCUT2D eigenvalue weighted by Gasteiger charge is 2.27. The highest BCUT2D eigenvalue weighted by Crippen LogP contribution is 2.43. The lowest BCUT2D eigenvalue weighted by atomic mass is 10.0. The molecule has 2 fully saturated rings. The fourth-order valence-corrected chi connectivity index (χ4v) is 2.93. The predicted octanol–water partition coefficient (Wildman–Crippen LogP) is 2.99. The molecule has 4 rings (SSSR count). The van der Waals surface area contributed by atoms with Crippen molar-refractivity contribution in [3.8, 4) is 0 Å². The number of anilines is 1. The summed E-state index contributed by atoms with van der Waals surface area (Å²) in [5.41, 5.74) is 3.63. The van der Waals surface area contributed by atoms with Gasteiger partial charge in [-0.2, -0.15) is 0 Å². The Hall–Kier alpha value is -1.94. The van der Waals surface area contributed by atoms with E-state index in [9.17, 15) is 0 Å². The molecule has 2 aromatic rings. The molecule has 0 spiro atoms. The summed E-state index contributed by atoms with van der Waals surface area (Å²) in [6, 6.07) is 4.36. The Labute approximate surface area is 124 Å². The number of ether oxygens (including phenoxy) is 1. The Morgan fingerprint density at radius 1 is 1.24 bits per heavy atom. The van der Waals surface area contributed by atoms with Crippen molar-refractivity contribution >= 4 is 22.9 Å².